The number of amides is 2. The lowest BCUT2D eigenvalue weighted by atomic mass is 10.0. The molecule has 2 saturated heterocycles. The van der Waals surface area contributed by atoms with Crippen LogP contribution in [0, 0.1) is 0 Å². The quantitative estimate of drug-likeness (QED) is 0.393. The highest BCUT2D eigenvalue weighted by molar-refractivity contribution is 9.10. The third-order valence-electron chi connectivity index (χ3n) is 6.31. The van der Waals surface area contributed by atoms with E-state index >= 15 is 0 Å². The Morgan fingerprint density at radius 2 is 1.78 bits per heavy atom. The van der Waals surface area contributed by atoms with E-state index in [2.05, 4.69) is 21.2 Å². The number of nitrogens with one attached hydrogen (secondary N) is 1. The van der Waals surface area contributed by atoms with Crippen LogP contribution in [0.4, 0.5) is 0 Å². The molecule has 2 aliphatic rings. The van der Waals surface area contributed by atoms with Crippen LogP contribution in [0.3, 0.4) is 0 Å². The zero-order chi connectivity index (χ0) is 25.3. The van der Waals surface area contributed by atoms with Crippen LogP contribution in [0.2, 0.25) is 0 Å². The number of thioether (sulfide) groups is 2. The predicted octanol–water partition coefficient (Wildman–Crippen LogP) is 4.67. The second-order valence-corrected chi connectivity index (χ2v) is 12.2. The number of carboxylic acid groups (broad SMARTS) is 1. The molecule has 1 unspecified atom stereocenters. The Morgan fingerprint density at radius 3 is 2.44 bits per heavy atom. The molecule has 184 valence electrons. The van der Waals surface area contributed by atoms with Gasteiger partial charge in [0.2, 0.25) is 11.8 Å². The van der Waals surface area contributed by atoms with Gasteiger partial charge in [-0.1, -0.05) is 82.7 Å². The van der Waals surface area contributed by atoms with Crippen molar-refractivity contribution in [3.63, 3.8) is 0 Å². The number of fused-ring (bicyclic) bond motifs is 1. The topological polar surface area (TPSA) is 86.7 Å². The van der Waals surface area contributed by atoms with Crippen molar-refractivity contribution in [2.45, 2.75) is 27.5 Å². The minimum absolute atomic E-state index is 0.0899. The number of nitrogens with zero attached hydrogens (tertiary/aromatic N) is 1. The van der Waals surface area contributed by atoms with Gasteiger partial charge in [0.15, 0.2) is 0 Å². The monoisotopic (exact) mass is 582 g/mol. The van der Waals surface area contributed by atoms with Crippen molar-refractivity contribution in [3.8, 4) is 11.1 Å². The largest absolute Gasteiger partial charge is 0.480 e. The summed E-state index contributed by atoms with van der Waals surface area (Å²) < 4.78 is -0.300. The number of halogens is 1. The molecule has 6 nitrogen and oxygen atoms in total. The normalized spacial score (nSPS) is 22.9. The number of carbonyl (C=O) groups excluding carboxylic acids is 2. The van der Waals surface area contributed by atoms with Crippen molar-refractivity contribution in [2.24, 2.45) is 0 Å². The molecule has 3 atom stereocenters. The number of hydrogen-bond donors (Lipinski definition) is 2. The van der Waals surface area contributed by atoms with Gasteiger partial charge in [-0.15, -0.1) is 23.5 Å². The highest BCUT2D eigenvalue weighted by Crippen LogP contribution is 2.47. The van der Waals surface area contributed by atoms with Crippen LogP contribution < -0.4 is 5.32 Å². The van der Waals surface area contributed by atoms with Crippen LogP contribution in [0.25, 0.3) is 11.1 Å². The van der Waals surface area contributed by atoms with E-state index < -0.39 is 16.8 Å². The van der Waals surface area contributed by atoms with Crippen LogP contribution in [0.1, 0.15) is 5.56 Å². The second-order valence-electron chi connectivity index (χ2n) is 8.78. The molecule has 0 spiro atoms. The summed E-state index contributed by atoms with van der Waals surface area (Å²) in [4.78, 5) is 40.2. The average Bonchev–Trinajstić information content (AvgIpc) is 2.88. The van der Waals surface area contributed by atoms with Gasteiger partial charge in [-0.25, -0.2) is 0 Å². The molecular weight excluding hydrogens is 560 g/mol. The van der Waals surface area contributed by atoms with Crippen LogP contribution in [0.15, 0.2) is 88.2 Å². The molecule has 0 bridgehead atoms. The molecule has 3 aromatic rings. The van der Waals surface area contributed by atoms with Gasteiger partial charge in [-0.2, -0.15) is 0 Å². The molecule has 0 aliphatic carbocycles. The summed E-state index contributed by atoms with van der Waals surface area (Å²) in [6.07, 6.45) is 0.199. The SMILES string of the molecule is O=C(Cc1ccccc1)N[C@@H]1C(=O)N2CC(Sc3ccc(-c4ccccc4)c(Br)c3)(C(=O)O)CS[C@H]12. The Hall–Kier alpha value is -2.75. The van der Waals surface area contributed by atoms with Crippen molar-refractivity contribution in [3.05, 3.63) is 88.9 Å². The molecule has 0 radical (unpaired) electrons. The molecule has 5 rings (SSSR count). The van der Waals surface area contributed by atoms with Crippen molar-refractivity contribution in [2.75, 3.05) is 12.3 Å². The van der Waals surface area contributed by atoms with Crippen LogP contribution in [-0.4, -0.2) is 56.3 Å². The summed E-state index contributed by atoms with van der Waals surface area (Å²) in [5, 5.41) is 12.8. The van der Waals surface area contributed by atoms with Crippen molar-refractivity contribution >= 4 is 57.2 Å². The standard InChI is InChI=1S/C27H23BrN2O4S2/c28-21-14-19(11-12-20(21)18-9-5-2-6-10-18)36-27(26(33)34)15-30-24(32)23(25(30)35-16-27)29-22(31)13-17-7-3-1-4-8-17/h1-12,14,23,25H,13,15-16H2,(H,29,31)(H,33,34)/t23-,25-,27?/m1/s1. The fourth-order valence-electron chi connectivity index (χ4n) is 4.43. The maximum absolute atomic E-state index is 12.9. The van der Waals surface area contributed by atoms with Crippen molar-refractivity contribution < 1.29 is 19.5 Å². The van der Waals surface area contributed by atoms with Crippen LogP contribution in [0.5, 0.6) is 0 Å². The van der Waals surface area contributed by atoms with Gasteiger partial charge >= 0.3 is 5.97 Å². The van der Waals surface area contributed by atoms with Gasteiger partial charge in [0.1, 0.15) is 16.2 Å². The Balaban J connectivity index is 1.26. The maximum Gasteiger partial charge on any atom is 0.322 e. The third-order valence-corrected chi connectivity index (χ3v) is 10.0. The number of carbonyl (C=O) groups is 3. The third kappa shape index (κ3) is 4.92. The molecule has 2 fully saturated rings. The molecule has 2 aliphatic heterocycles. The maximum atomic E-state index is 12.9. The zero-order valence-corrected chi connectivity index (χ0v) is 22.3. The van der Waals surface area contributed by atoms with E-state index in [-0.39, 0.29) is 30.2 Å². The number of β-lactam (4-membered cyclic amide) rings is 1. The van der Waals surface area contributed by atoms with E-state index in [1.165, 1.54) is 23.5 Å². The second kappa shape index (κ2) is 10.3. The fraction of sp³-hybridized carbons (Fsp3) is 0.222. The smallest absolute Gasteiger partial charge is 0.322 e. The van der Waals surface area contributed by atoms with Crippen LogP contribution in [-0.2, 0) is 20.8 Å². The number of hydrogen-bond acceptors (Lipinski definition) is 5. The first kappa shape index (κ1) is 24.9. The number of aliphatic carboxylic acids is 1. The fourth-order valence-corrected chi connectivity index (χ4v) is 8.07. The lowest BCUT2D eigenvalue weighted by Crippen LogP contribution is -2.74. The minimum atomic E-state index is -1.18. The van der Waals surface area contributed by atoms with Gasteiger partial charge < -0.3 is 15.3 Å². The first-order chi connectivity index (χ1) is 17.4. The summed E-state index contributed by atoms with van der Waals surface area (Å²) in [5.41, 5.74) is 2.96. The highest BCUT2D eigenvalue weighted by Gasteiger charge is 2.57. The molecule has 2 heterocycles. The number of carboxylic acids is 1. The van der Waals surface area contributed by atoms with Crippen molar-refractivity contribution in [1.29, 1.82) is 0 Å². The summed E-state index contributed by atoms with van der Waals surface area (Å²) in [6, 6.07) is 24.5. The van der Waals surface area contributed by atoms with E-state index in [9.17, 15) is 19.5 Å². The summed E-state index contributed by atoms with van der Waals surface area (Å²) in [5.74, 6) is -1.08. The first-order valence-electron chi connectivity index (χ1n) is 11.4. The summed E-state index contributed by atoms with van der Waals surface area (Å²) in [7, 11) is 0. The molecule has 0 saturated carbocycles. The van der Waals surface area contributed by atoms with Gasteiger partial charge in [-0.3, -0.25) is 14.4 Å². The minimum Gasteiger partial charge on any atom is -0.480 e. The van der Waals surface area contributed by atoms with E-state index in [4.69, 9.17) is 0 Å². The Labute approximate surface area is 226 Å². The molecule has 3 aromatic carbocycles. The number of rotatable bonds is 7. The Bertz CT molecular complexity index is 1310. The molecule has 2 amide bonds. The number of benzene rings is 3. The van der Waals surface area contributed by atoms with Gasteiger partial charge in [0.25, 0.3) is 0 Å². The highest BCUT2D eigenvalue weighted by atomic mass is 79.9. The summed E-state index contributed by atoms with van der Waals surface area (Å²) >= 11 is 6.30. The molecule has 2 N–H and O–H groups in total. The lowest BCUT2D eigenvalue weighted by molar-refractivity contribution is -0.152. The zero-order valence-electron chi connectivity index (χ0n) is 19.1. The van der Waals surface area contributed by atoms with Gasteiger partial charge in [0.05, 0.1) is 6.42 Å². The van der Waals surface area contributed by atoms with Crippen LogP contribution >= 0.6 is 39.5 Å². The molecule has 0 aromatic heterocycles. The Morgan fingerprint density at radius 1 is 1.08 bits per heavy atom. The molecule has 36 heavy (non-hydrogen) atoms. The van der Waals surface area contributed by atoms with E-state index in [1.54, 1.807) is 4.90 Å². The van der Waals surface area contributed by atoms with Gasteiger partial charge in [-0.05, 0) is 28.8 Å². The first-order valence-corrected chi connectivity index (χ1v) is 14.0. The summed E-state index contributed by atoms with van der Waals surface area (Å²) in [6.45, 7) is 0.0899. The predicted molar refractivity (Wildman–Crippen MR) is 146 cm³/mol. The average molecular weight is 584 g/mol. The molecular formula is C27H23BrN2O4S2. The van der Waals surface area contributed by atoms with E-state index in [0.29, 0.717) is 5.75 Å². The molecule has 9 heteroatoms. The lowest BCUT2D eigenvalue weighted by Gasteiger charge is -2.53. The van der Waals surface area contributed by atoms with E-state index in [0.717, 1.165) is 26.1 Å². The van der Waals surface area contributed by atoms with E-state index in [1.807, 2.05) is 78.9 Å². The van der Waals surface area contributed by atoms with Gasteiger partial charge in [0, 0.05) is 21.7 Å². The van der Waals surface area contributed by atoms with Crippen molar-refractivity contribution in [1.82, 2.24) is 10.2 Å². The Kier molecular flexibility index (Phi) is 7.14.